The van der Waals surface area contributed by atoms with Crippen LogP contribution in [-0.2, 0) is 0 Å². The lowest BCUT2D eigenvalue weighted by molar-refractivity contribution is -0.119. The van der Waals surface area contributed by atoms with Crippen molar-refractivity contribution in [3.8, 4) is 0 Å². The molecule has 9 heteroatoms. The van der Waals surface area contributed by atoms with Gasteiger partial charge in [-0.15, -0.1) is 0 Å². The van der Waals surface area contributed by atoms with Gasteiger partial charge in [-0.1, -0.05) is 12.1 Å². The summed E-state index contributed by atoms with van der Waals surface area (Å²) in [7, 11) is 0. The molecule has 1 aromatic rings. The highest BCUT2D eigenvalue weighted by Gasteiger charge is 2.32. The summed E-state index contributed by atoms with van der Waals surface area (Å²) in [5.74, 6) is -0.441. The maximum absolute atomic E-state index is 12.5. The van der Waals surface area contributed by atoms with Gasteiger partial charge in [-0.25, -0.2) is 9.97 Å². The number of aromatic nitrogens is 2. The first-order valence-corrected chi connectivity index (χ1v) is 5.49. The molecule has 1 aromatic heterocycles. The van der Waals surface area contributed by atoms with Crippen molar-refractivity contribution in [1.82, 2.24) is 9.97 Å². The first-order valence-electron chi connectivity index (χ1n) is 5.49. The molecule has 0 aromatic carbocycles. The van der Waals surface area contributed by atoms with E-state index in [4.69, 9.17) is 10.9 Å². The van der Waals surface area contributed by atoms with Crippen LogP contribution in [0.3, 0.4) is 0 Å². The molecule has 6 nitrogen and oxygen atoms in total. The summed E-state index contributed by atoms with van der Waals surface area (Å²) in [6, 6.07) is 0. The number of oxime groups is 1. The predicted octanol–water partition coefficient (Wildman–Crippen LogP) is 1.35. The third-order valence-corrected chi connectivity index (χ3v) is 2.19. The zero-order valence-corrected chi connectivity index (χ0v) is 10.2. The average molecular weight is 277 g/mol. The summed E-state index contributed by atoms with van der Waals surface area (Å²) >= 11 is 0. The number of nitrogens with zero attached hydrogens (tertiary/aromatic N) is 4. The van der Waals surface area contributed by atoms with Crippen molar-refractivity contribution < 1.29 is 18.4 Å². The molecule has 106 valence electrons. The van der Waals surface area contributed by atoms with Crippen molar-refractivity contribution in [2.75, 3.05) is 18.0 Å². The lowest BCUT2D eigenvalue weighted by atomic mass is 10.3. The Kier molecular flexibility index (Phi) is 4.90. The number of halogens is 3. The highest BCUT2D eigenvalue weighted by atomic mass is 19.4. The Bertz CT molecular complexity index is 449. The SMILES string of the molecule is CCCN(CC(F)(F)F)c1nccnc1C(N)=NO. The molecule has 0 atom stereocenters. The van der Waals surface area contributed by atoms with Crippen molar-refractivity contribution in [1.29, 1.82) is 0 Å². The van der Waals surface area contributed by atoms with Gasteiger partial charge in [0.2, 0.25) is 0 Å². The molecule has 0 amide bonds. The van der Waals surface area contributed by atoms with Gasteiger partial charge < -0.3 is 15.8 Å². The topological polar surface area (TPSA) is 87.6 Å². The number of nitrogens with two attached hydrogens (primary N) is 1. The van der Waals surface area contributed by atoms with Crippen LogP contribution in [0.4, 0.5) is 19.0 Å². The van der Waals surface area contributed by atoms with E-state index >= 15 is 0 Å². The normalized spacial score (nSPS) is 12.5. The molecule has 3 N–H and O–H groups in total. The maximum Gasteiger partial charge on any atom is 0.405 e. The summed E-state index contributed by atoms with van der Waals surface area (Å²) in [4.78, 5) is 8.64. The molecule has 0 saturated carbocycles. The first kappa shape index (κ1) is 15.0. The Labute approximate surface area is 107 Å². The van der Waals surface area contributed by atoms with Gasteiger partial charge in [0.05, 0.1) is 0 Å². The van der Waals surface area contributed by atoms with Gasteiger partial charge in [0.15, 0.2) is 17.3 Å². The quantitative estimate of drug-likeness (QED) is 0.367. The van der Waals surface area contributed by atoms with E-state index in [0.29, 0.717) is 6.42 Å². The van der Waals surface area contributed by atoms with Crippen LogP contribution in [0.25, 0.3) is 0 Å². The highest BCUT2D eigenvalue weighted by Crippen LogP contribution is 2.22. The van der Waals surface area contributed by atoms with E-state index in [-0.39, 0.29) is 23.9 Å². The van der Waals surface area contributed by atoms with E-state index in [0.717, 1.165) is 4.90 Å². The van der Waals surface area contributed by atoms with Crippen molar-refractivity contribution in [3.05, 3.63) is 18.1 Å². The zero-order chi connectivity index (χ0) is 14.5. The van der Waals surface area contributed by atoms with E-state index in [1.165, 1.54) is 12.4 Å². The molecule has 0 saturated heterocycles. The van der Waals surface area contributed by atoms with E-state index in [1.54, 1.807) is 6.92 Å². The Morgan fingerprint density at radius 2 is 2.05 bits per heavy atom. The van der Waals surface area contributed by atoms with Crippen LogP contribution in [0, 0.1) is 0 Å². The lowest BCUT2D eigenvalue weighted by Gasteiger charge is -2.25. The number of rotatable bonds is 5. The van der Waals surface area contributed by atoms with Gasteiger partial charge in [-0.2, -0.15) is 13.2 Å². The van der Waals surface area contributed by atoms with Crippen LogP contribution in [0.5, 0.6) is 0 Å². The molecule has 0 aliphatic rings. The molecule has 0 aliphatic carbocycles. The summed E-state index contributed by atoms with van der Waals surface area (Å²) in [6.07, 6.45) is -1.38. The summed E-state index contributed by atoms with van der Waals surface area (Å²) in [6.45, 7) is 0.693. The minimum Gasteiger partial charge on any atom is -0.409 e. The molecule has 0 fully saturated rings. The molecule has 0 radical (unpaired) electrons. The Morgan fingerprint density at radius 3 is 2.58 bits per heavy atom. The second-order valence-corrected chi connectivity index (χ2v) is 3.75. The van der Waals surface area contributed by atoms with E-state index in [2.05, 4.69) is 15.1 Å². The number of hydrogen-bond acceptors (Lipinski definition) is 5. The minimum atomic E-state index is -4.38. The van der Waals surface area contributed by atoms with Crippen LogP contribution in [0.2, 0.25) is 0 Å². The first-order chi connectivity index (χ1) is 8.89. The zero-order valence-electron chi connectivity index (χ0n) is 10.2. The van der Waals surface area contributed by atoms with Crippen molar-refractivity contribution in [3.63, 3.8) is 0 Å². The summed E-state index contributed by atoms with van der Waals surface area (Å²) < 4.78 is 37.6. The van der Waals surface area contributed by atoms with Crippen LogP contribution in [0.15, 0.2) is 17.5 Å². The number of amidine groups is 1. The molecule has 0 spiro atoms. The fourth-order valence-electron chi connectivity index (χ4n) is 1.54. The van der Waals surface area contributed by atoms with Gasteiger partial charge in [-0.3, -0.25) is 0 Å². The summed E-state index contributed by atoms with van der Waals surface area (Å²) in [5, 5.41) is 11.4. The molecule has 1 heterocycles. The number of anilines is 1. The average Bonchev–Trinajstić information content (AvgIpc) is 2.36. The minimum absolute atomic E-state index is 0.0584. The van der Waals surface area contributed by atoms with E-state index in [1.807, 2.05) is 0 Å². The largest absolute Gasteiger partial charge is 0.409 e. The Hall–Kier alpha value is -2.06. The Balaban J connectivity index is 3.15. The van der Waals surface area contributed by atoms with Crippen molar-refractivity contribution >= 4 is 11.7 Å². The molecular weight excluding hydrogens is 263 g/mol. The van der Waals surface area contributed by atoms with Crippen molar-refractivity contribution in [2.24, 2.45) is 10.9 Å². The van der Waals surface area contributed by atoms with Gasteiger partial charge in [-0.05, 0) is 6.42 Å². The fraction of sp³-hybridized carbons (Fsp3) is 0.500. The standard InChI is InChI=1S/C10H14F3N5O/c1-2-5-18(6-10(11,12)13)9-7(8(14)17-19)15-3-4-16-9/h3-4,19H,2,5-6H2,1H3,(H2,14,17). The number of alkyl halides is 3. The van der Waals surface area contributed by atoms with E-state index < -0.39 is 12.7 Å². The molecule has 1 rings (SSSR count). The van der Waals surface area contributed by atoms with Crippen LogP contribution in [-0.4, -0.2) is 40.3 Å². The van der Waals surface area contributed by atoms with Crippen molar-refractivity contribution in [2.45, 2.75) is 19.5 Å². The van der Waals surface area contributed by atoms with Gasteiger partial charge in [0.1, 0.15) is 6.54 Å². The predicted molar refractivity (Wildman–Crippen MR) is 63.1 cm³/mol. The highest BCUT2D eigenvalue weighted by molar-refractivity contribution is 5.99. The maximum atomic E-state index is 12.5. The summed E-state index contributed by atoms with van der Waals surface area (Å²) in [5.41, 5.74) is 5.30. The third-order valence-electron chi connectivity index (χ3n) is 2.19. The molecular formula is C10H14F3N5O. The van der Waals surface area contributed by atoms with Gasteiger partial charge >= 0.3 is 6.18 Å². The molecule has 0 aliphatic heterocycles. The molecule has 19 heavy (non-hydrogen) atoms. The van der Waals surface area contributed by atoms with Gasteiger partial charge in [0.25, 0.3) is 0 Å². The third kappa shape index (κ3) is 4.27. The van der Waals surface area contributed by atoms with Crippen LogP contribution < -0.4 is 10.6 Å². The fourth-order valence-corrected chi connectivity index (χ4v) is 1.54. The van der Waals surface area contributed by atoms with Gasteiger partial charge in [0, 0.05) is 18.9 Å². The lowest BCUT2D eigenvalue weighted by Crippen LogP contribution is -2.37. The monoisotopic (exact) mass is 277 g/mol. The Morgan fingerprint density at radius 1 is 1.42 bits per heavy atom. The molecule has 0 unspecified atom stereocenters. The van der Waals surface area contributed by atoms with Crippen LogP contribution >= 0.6 is 0 Å². The second kappa shape index (κ2) is 6.21. The van der Waals surface area contributed by atoms with E-state index in [9.17, 15) is 13.2 Å². The smallest absolute Gasteiger partial charge is 0.405 e. The number of hydrogen-bond donors (Lipinski definition) is 2. The van der Waals surface area contributed by atoms with Crippen LogP contribution in [0.1, 0.15) is 19.0 Å². The molecule has 0 bridgehead atoms. The second-order valence-electron chi connectivity index (χ2n) is 3.75.